The van der Waals surface area contributed by atoms with Gasteiger partial charge in [-0.05, 0) is 13.0 Å². The van der Waals surface area contributed by atoms with E-state index >= 15 is 0 Å². The SMILES string of the molecule is CC(OS(C)(=O)=O)c1cc(F)c(F)c(F)c1F. The Bertz CT molecular complexity index is 542. The van der Waals surface area contributed by atoms with Gasteiger partial charge in [0.2, 0.25) is 0 Å². The van der Waals surface area contributed by atoms with Crippen LogP contribution in [0.25, 0.3) is 0 Å². The Labute approximate surface area is 95.1 Å². The van der Waals surface area contributed by atoms with Crippen LogP contribution in [-0.4, -0.2) is 14.7 Å². The molecule has 3 nitrogen and oxygen atoms in total. The van der Waals surface area contributed by atoms with Gasteiger partial charge in [0.1, 0.15) is 6.10 Å². The van der Waals surface area contributed by atoms with Crippen molar-refractivity contribution in [2.45, 2.75) is 13.0 Å². The second-order valence-electron chi connectivity index (χ2n) is 3.33. The molecule has 17 heavy (non-hydrogen) atoms. The zero-order chi connectivity index (χ0) is 13.4. The van der Waals surface area contributed by atoms with Crippen molar-refractivity contribution < 1.29 is 30.2 Å². The molecule has 0 spiro atoms. The normalized spacial score (nSPS) is 13.8. The Morgan fingerprint density at radius 1 is 1.12 bits per heavy atom. The van der Waals surface area contributed by atoms with Crippen LogP contribution in [0.1, 0.15) is 18.6 Å². The molecular formula is C9H8F4O3S. The predicted octanol–water partition coefficient (Wildman–Crippen LogP) is 2.28. The Balaban J connectivity index is 3.24. The number of rotatable bonds is 3. The third kappa shape index (κ3) is 3.16. The van der Waals surface area contributed by atoms with Gasteiger partial charge >= 0.3 is 0 Å². The molecule has 0 fully saturated rings. The van der Waals surface area contributed by atoms with Crippen LogP contribution in [0.5, 0.6) is 0 Å². The minimum absolute atomic E-state index is 0.351. The highest BCUT2D eigenvalue weighted by molar-refractivity contribution is 7.86. The monoisotopic (exact) mass is 272 g/mol. The molecule has 0 aliphatic rings. The molecule has 1 unspecified atom stereocenters. The molecule has 0 aliphatic carbocycles. The summed E-state index contributed by atoms with van der Waals surface area (Å²) < 4.78 is 77.4. The van der Waals surface area contributed by atoms with Gasteiger partial charge in [0.25, 0.3) is 10.1 Å². The van der Waals surface area contributed by atoms with Crippen LogP contribution in [0.15, 0.2) is 6.07 Å². The molecule has 1 aromatic rings. The van der Waals surface area contributed by atoms with Gasteiger partial charge in [-0.25, -0.2) is 17.6 Å². The molecule has 0 aromatic heterocycles. The highest BCUT2D eigenvalue weighted by Crippen LogP contribution is 2.26. The van der Waals surface area contributed by atoms with Crippen LogP contribution in [0.2, 0.25) is 0 Å². The van der Waals surface area contributed by atoms with Crippen molar-refractivity contribution in [3.8, 4) is 0 Å². The summed E-state index contributed by atoms with van der Waals surface area (Å²) in [5.74, 6) is -7.27. The third-order valence-corrected chi connectivity index (χ3v) is 2.53. The minimum Gasteiger partial charge on any atom is -0.262 e. The molecule has 8 heteroatoms. The summed E-state index contributed by atoms with van der Waals surface area (Å²) in [7, 11) is -3.93. The van der Waals surface area contributed by atoms with E-state index in [9.17, 15) is 26.0 Å². The van der Waals surface area contributed by atoms with Gasteiger partial charge < -0.3 is 0 Å². The Morgan fingerprint density at radius 3 is 2.12 bits per heavy atom. The third-order valence-electron chi connectivity index (χ3n) is 1.89. The number of benzene rings is 1. The molecule has 1 atom stereocenters. The largest absolute Gasteiger partial charge is 0.264 e. The molecule has 1 aromatic carbocycles. The van der Waals surface area contributed by atoms with Gasteiger partial charge in [0.15, 0.2) is 23.3 Å². The maximum Gasteiger partial charge on any atom is 0.264 e. The minimum atomic E-state index is -3.93. The highest BCUT2D eigenvalue weighted by atomic mass is 32.2. The van der Waals surface area contributed by atoms with E-state index in [-0.39, 0.29) is 0 Å². The zero-order valence-electron chi connectivity index (χ0n) is 8.80. The van der Waals surface area contributed by atoms with E-state index in [1.165, 1.54) is 0 Å². The van der Waals surface area contributed by atoms with Crippen LogP contribution >= 0.6 is 0 Å². The van der Waals surface area contributed by atoms with Crippen molar-refractivity contribution in [2.24, 2.45) is 0 Å². The van der Waals surface area contributed by atoms with E-state index in [4.69, 9.17) is 0 Å². The number of hydrogen-bond acceptors (Lipinski definition) is 3. The Kier molecular flexibility index (Phi) is 3.78. The molecule has 0 heterocycles. The van der Waals surface area contributed by atoms with Crippen molar-refractivity contribution in [1.29, 1.82) is 0 Å². The molecule has 0 saturated carbocycles. The van der Waals surface area contributed by atoms with Crippen molar-refractivity contribution in [2.75, 3.05) is 6.26 Å². The summed E-state index contributed by atoms with van der Waals surface area (Å²) in [5, 5.41) is 0. The number of hydrogen-bond donors (Lipinski definition) is 0. The van der Waals surface area contributed by atoms with E-state index in [0.717, 1.165) is 6.92 Å². The van der Waals surface area contributed by atoms with E-state index in [1.54, 1.807) is 0 Å². The average Bonchev–Trinajstić information content (AvgIpc) is 2.17. The van der Waals surface area contributed by atoms with E-state index in [1.807, 2.05) is 0 Å². The van der Waals surface area contributed by atoms with Crippen molar-refractivity contribution in [3.05, 3.63) is 34.9 Å². The zero-order valence-corrected chi connectivity index (χ0v) is 9.62. The molecule has 0 aliphatic heterocycles. The first-order valence-corrected chi connectivity index (χ1v) is 6.16. The second-order valence-corrected chi connectivity index (χ2v) is 4.93. The molecular weight excluding hydrogens is 264 g/mol. The van der Waals surface area contributed by atoms with Crippen LogP contribution in [0, 0.1) is 23.3 Å². The molecule has 0 N–H and O–H groups in total. The van der Waals surface area contributed by atoms with Gasteiger partial charge in [-0.3, -0.25) is 4.18 Å². The van der Waals surface area contributed by atoms with E-state index in [0.29, 0.717) is 12.3 Å². The summed E-state index contributed by atoms with van der Waals surface area (Å²) in [6, 6.07) is 0.351. The van der Waals surface area contributed by atoms with Gasteiger partial charge in [-0.2, -0.15) is 8.42 Å². The lowest BCUT2D eigenvalue weighted by Gasteiger charge is -2.13. The lowest BCUT2D eigenvalue weighted by molar-refractivity contribution is 0.227. The lowest BCUT2D eigenvalue weighted by atomic mass is 10.1. The molecule has 0 bridgehead atoms. The fraction of sp³-hybridized carbons (Fsp3) is 0.333. The summed E-state index contributed by atoms with van der Waals surface area (Å²) in [4.78, 5) is 0. The van der Waals surface area contributed by atoms with Crippen LogP contribution in [0.3, 0.4) is 0 Å². The average molecular weight is 272 g/mol. The summed E-state index contributed by atoms with van der Waals surface area (Å²) in [6.45, 7) is 1.07. The molecule has 1 rings (SSSR count). The maximum absolute atomic E-state index is 13.2. The quantitative estimate of drug-likeness (QED) is 0.367. The first kappa shape index (κ1) is 13.9. The fourth-order valence-electron chi connectivity index (χ4n) is 1.20. The lowest BCUT2D eigenvalue weighted by Crippen LogP contribution is -2.11. The predicted molar refractivity (Wildman–Crippen MR) is 50.6 cm³/mol. The van der Waals surface area contributed by atoms with Crippen LogP contribution in [-0.2, 0) is 14.3 Å². The Hall–Kier alpha value is -1.15. The van der Waals surface area contributed by atoms with Gasteiger partial charge in [-0.15, -0.1) is 0 Å². The second kappa shape index (κ2) is 4.61. The number of halogens is 4. The first-order valence-electron chi connectivity index (χ1n) is 4.34. The van der Waals surface area contributed by atoms with Crippen molar-refractivity contribution in [3.63, 3.8) is 0 Å². The summed E-state index contributed by atoms with van der Waals surface area (Å²) >= 11 is 0. The van der Waals surface area contributed by atoms with Gasteiger partial charge in [0, 0.05) is 5.56 Å². The van der Waals surface area contributed by atoms with Gasteiger partial charge in [-0.1, -0.05) is 0 Å². The maximum atomic E-state index is 13.2. The molecule has 0 saturated heterocycles. The topological polar surface area (TPSA) is 43.4 Å². The van der Waals surface area contributed by atoms with E-state index < -0.39 is 45.1 Å². The van der Waals surface area contributed by atoms with Crippen LogP contribution < -0.4 is 0 Å². The smallest absolute Gasteiger partial charge is 0.262 e. The summed E-state index contributed by atoms with van der Waals surface area (Å²) in [6.07, 6.45) is -0.771. The summed E-state index contributed by atoms with van der Waals surface area (Å²) in [5.41, 5.74) is -0.716. The van der Waals surface area contributed by atoms with E-state index in [2.05, 4.69) is 4.18 Å². The molecule has 0 amide bonds. The highest BCUT2D eigenvalue weighted by Gasteiger charge is 2.24. The Morgan fingerprint density at radius 2 is 1.65 bits per heavy atom. The van der Waals surface area contributed by atoms with Crippen LogP contribution in [0.4, 0.5) is 17.6 Å². The van der Waals surface area contributed by atoms with Crippen molar-refractivity contribution in [1.82, 2.24) is 0 Å². The first-order chi connectivity index (χ1) is 7.63. The van der Waals surface area contributed by atoms with Gasteiger partial charge in [0.05, 0.1) is 6.26 Å². The standard InChI is InChI=1S/C9H8F4O3S/c1-4(16-17(2,14)15)5-3-6(10)8(12)9(13)7(5)11/h3-4H,1-2H3. The fourth-order valence-corrected chi connectivity index (χ4v) is 1.83. The van der Waals surface area contributed by atoms with Crippen molar-refractivity contribution >= 4 is 10.1 Å². The molecule has 0 radical (unpaired) electrons. The molecule has 96 valence electrons.